The fourth-order valence-corrected chi connectivity index (χ4v) is 4.03. The molecule has 20 heavy (non-hydrogen) atoms. The molecular weight excluding hydrogens is 294 g/mol. The average Bonchev–Trinajstić information content (AvgIpc) is 2.76. The minimum atomic E-state index is -0.0626. The van der Waals surface area contributed by atoms with Gasteiger partial charge in [-0.1, -0.05) is 11.8 Å². The Morgan fingerprint density at radius 1 is 1.45 bits per heavy atom. The van der Waals surface area contributed by atoms with Gasteiger partial charge in [-0.25, -0.2) is 4.98 Å². The molecule has 1 saturated carbocycles. The third kappa shape index (κ3) is 2.98. The fourth-order valence-electron chi connectivity index (χ4n) is 2.23. The van der Waals surface area contributed by atoms with Gasteiger partial charge in [0.15, 0.2) is 10.2 Å². The summed E-state index contributed by atoms with van der Waals surface area (Å²) in [6.07, 6.45) is 3.37. The number of thioether (sulfide) groups is 1. The lowest BCUT2D eigenvalue weighted by Gasteiger charge is -2.37. The van der Waals surface area contributed by atoms with Crippen molar-refractivity contribution >= 4 is 39.3 Å². The second-order valence-electron chi connectivity index (χ2n) is 5.25. The smallest absolute Gasteiger partial charge is 0.271 e. The highest BCUT2D eigenvalue weighted by Crippen LogP contribution is 2.30. The number of nitrogens with one attached hydrogen (secondary N) is 1. The van der Waals surface area contributed by atoms with E-state index >= 15 is 0 Å². The van der Waals surface area contributed by atoms with Crippen LogP contribution in [0.3, 0.4) is 0 Å². The highest BCUT2D eigenvalue weighted by Gasteiger charge is 2.31. The molecule has 5 nitrogen and oxygen atoms in total. The Morgan fingerprint density at radius 2 is 2.20 bits per heavy atom. The predicted octanol–water partition coefficient (Wildman–Crippen LogP) is 1.89. The van der Waals surface area contributed by atoms with E-state index in [0.717, 1.165) is 31.1 Å². The van der Waals surface area contributed by atoms with Crippen LogP contribution in [-0.2, 0) is 4.79 Å². The molecule has 108 valence electrons. The highest BCUT2D eigenvalue weighted by atomic mass is 32.2. The SMILES string of the molecule is CC(=O)SC1CN(c2nc(C(=O)NC3CCC3)cs2)C1. The number of hydrogen-bond acceptors (Lipinski definition) is 6. The Hall–Kier alpha value is -1.08. The van der Waals surface area contributed by atoms with E-state index in [2.05, 4.69) is 15.2 Å². The van der Waals surface area contributed by atoms with Gasteiger partial charge in [-0.15, -0.1) is 11.3 Å². The van der Waals surface area contributed by atoms with E-state index in [0.29, 0.717) is 17.0 Å². The van der Waals surface area contributed by atoms with Crippen LogP contribution in [-0.4, -0.2) is 40.4 Å². The molecule has 7 heteroatoms. The Bertz CT molecular complexity index is 521. The van der Waals surface area contributed by atoms with Gasteiger partial charge in [-0.05, 0) is 19.3 Å². The van der Waals surface area contributed by atoms with Crippen molar-refractivity contribution in [3.8, 4) is 0 Å². The van der Waals surface area contributed by atoms with Crippen molar-refractivity contribution in [3.63, 3.8) is 0 Å². The van der Waals surface area contributed by atoms with Gasteiger partial charge in [0.05, 0.1) is 0 Å². The summed E-state index contributed by atoms with van der Waals surface area (Å²) < 4.78 is 0. The topological polar surface area (TPSA) is 62.3 Å². The van der Waals surface area contributed by atoms with Gasteiger partial charge in [0.2, 0.25) is 0 Å². The Morgan fingerprint density at radius 3 is 2.80 bits per heavy atom. The third-order valence-corrected chi connectivity index (χ3v) is 5.48. The zero-order chi connectivity index (χ0) is 14.1. The molecule has 0 unspecified atom stereocenters. The molecule has 1 aromatic heterocycles. The maximum atomic E-state index is 12.0. The molecule has 3 rings (SSSR count). The van der Waals surface area contributed by atoms with Crippen molar-refractivity contribution in [1.29, 1.82) is 0 Å². The lowest BCUT2D eigenvalue weighted by atomic mass is 9.93. The van der Waals surface area contributed by atoms with Gasteiger partial charge in [0, 0.05) is 36.7 Å². The fraction of sp³-hybridized carbons (Fsp3) is 0.615. The van der Waals surface area contributed by atoms with Crippen LogP contribution in [0.1, 0.15) is 36.7 Å². The molecule has 1 amide bonds. The van der Waals surface area contributed by atoms with Crippen LogP contribution in [0.2, 0.25) is 0 Å². The van der Waals surface area contributed by atoms with E-state index in [1.54, 1.807) is 6.92 Å². The molecule has 0 spiro atoms. The number of rotatable bonds is 4. The van der Waals surface area contributed by atoms with Crippen LogP contribution in [0, 0.1) is 0 Å². The Labute approximate surface area is 126 Å². The van der Waals surface area contributed by atoms with Gasteiger partial charge in [-0.3, -0.25) is 9.59 Å². The lowest BCUT2D eigenvalue weighted by Crippen LogP contribution is -2.49. The molecule has 1 aromatic rings. The minimum absolute atomic E-state index is 0.0626. The largest absolute Gasteiger partial charge is 0.348 e. The van der Waals surface area contributed by atoms with Crippen molar-refractivity contribution in [1.82, 2.24) is 10.3 Å². The van der Waals surface area contributed by atoms with E-state index in [4.69, 9.17) is 0 Å². The standard InChI is InChI=1S/C13H17N3O2S2/c1-8(17)20-10-5-16(6-10)13-15-11(7-19-13)12(18)14-9-3-2-4-9/h7,9-10H,2-6H2,1H3,(H,14,18). The normalized spacial score (nSPS) is 19.4. The zero-order valence-corrected chi connectivity index (χ0v) is 12.9. The number of aromatic nitrogens is 1. The van der Waals surface area contributed by atoms with Gasteiger partial charge in [0.1, 0.15) is 5.69 Å². The molecule has 0 atom stereocenters. The molecule has 2 heterocycles. The van der Waals surface area contributed by atoms with E-state index in [1.807, 2.05) is 5.38 Å². The van der Waals surface area contributed by atoms with Crippen LogP contribution >= 0.6 is 23.1 Å². The summed E-state index contributed by atoms with van der Waals surface area (Å²) in [5, 5.41) is 6.21. The molecule has 2 aliphatic rings. The molecule has 1 aliphatic carbocycles. The van der Waals surface area contributed by atoms with Crippen LogP contribution in [0.4, 0.5) is 5.13 Å². The Balaban J connectivity index is 1.52. The molecule has 2 fully saturated rings. The highest BCUT2D eigenvalue weighted by molar-refractivity contribution is 8.14. The van der Waals surface area contributed by atoms with Gasteiger partial charge >= 0.3 is 0 Å². The summed E-state index contributed by atoms with van der Waals surface area (Å²) in [4.78, 5) is 29.5. The summed E-state index contributed by atoms with van der Waals surface area (Å²) in [7, 11) is 0. The lowest BCUT2D eigenvalue weighted by molar-refractivity contribution is -0.109. The molecule has 1 N–H and O–H groups in total. The Kier molecular flexibility index (Phi) is 3.98. The van der Waals surface area contributed by atoms with Crippen LogP contribution in [0.15, 0.2) is 5.38 Å². The molecule has 0 aromatic carbocycles. The summed E-state index contributed by atoms with van der Waals surface area (Å²) >= 11 is 2.88. The van der Waals surface area contributed by atoms with Crippen molar-refractivity contribution in [2.24, 2.45) is 0 Å². The average molecular weight is 311 g/mol. The maximum Gasteiger partial charge on any atom is 0.271 e. The van der Waals surface area contributed by atoms with Crippen molar-refractivity contribution in [3.05, 3.63) is 11.1 Å². The van der Waals surface area contributed by atoms with Crippen LogP contribution in [0.5, 0.6) is 0 Å². The molecular formula is C13H17N3O2S2. The zero-order valence-electron chi connectivity index (χ0n) is 11.3. The number of hydrogen-bond donors (Lipinski definition) is 1. The summed E-state index contributed by atoms with van der Waals surface area (Å²) in [6.45, 7) is 3.27. The number of carbonyl (C=O) groups excluding carboxylic acids is 2. The molecule has 0 radical (unpaired) electrons. The van der Waals surface area contributed by atoms with E-state index in [-0.39, 0.29) is 11.0 Å². The summed E-state index contributed by atoms with van der Waals surface area (Å²) in [5.41, 5.74) is 0.513. The number of thiazole rings is 1. The van der Waals surface area contributed by atoms with E-state index in [1.165, 1.54) is 29.5 Å². The number of anilines is 1. The van der Waals surface area contributed by atoms with Crippen LogP contribution in [0.25, 0.3) is 0 Å². The first-order valence-corrected chi connectivity index (χ1v) is 8.56. The van der Waals surface area contributed by atoms with Gasteiger partial charge in [-0.2, -0.15) is 0 Å². The first-order valence-electron chi connectivity index (χ1n) is 6.80. The first-order chi connectivity index (χ1) is 9.61. The van der Waals surface area contributed by atoms with Crippen molar-refractivity contribution < 1.29 is 9.59 Å². The number of carbonyl (C=O) groups is 2. The van der Waals surface area contributed by atoms with Gasteiger partial charge < -0.3 is 10.2 Å². The predicted molar refractivity (Wildman–Crippen MR) is 81.5 cm³/mol. The third-order valence-electron chi connectivity index (χ3n) is 3.62. The van der Waals surface area contributed by atoms with Crippen molar-refractivity contribution in [2.45, 2.75) is 37.5 Å². The monoisotopic (exact) mass is 311 g/mol. The quantitative estimate of drug-likeness (QED) is 0.920. The van der Waals surface area contributed by atoms with Gasteiger partial charge in [0.25, 0.3) is 5.91 Å². The summed E-state index contributed by atoms with van der Waals surface area (Å²) in [6, 6.07) is 0.341. The van der Waals surface area contributed by atoms with Crippen molar-refractivity contribution in [2.75, 3.05) is 18.0 Å². The minimum Gasteiger partial charge on any atom is -0.348 e. The maximum absolute atomic E-state index is 12.0. The number of amides is 1. The van der Waals surface area contributed by atoms with E-state index in [9.17, 15) is 9.59 Å². The molecule has 0 bridgehead atoms. The molecule has 1 aliphatic heterocycles. The molecule has 1 saturated heterocycles. The second kappa shape index (κ2) is 5.73. The first kappa shape index (κ1) is 13.9. The van der Waals surface area contributed by atoms with E-state index < -0.39 is 0 Å². The summed E-state index contributed by atoms with van der Waals surface area (Å²) in [5.74, 6) is -0.0626. The second-order valence-corrected chi connectivity index (χ2v) is 7.57. The number of nitrogens with zero attached hydrogens (tertiary/aromatic N) is 2. The van der Waals surface area contributed by atoms with Crippen LogP contribution < -0.4 is 10.2 Å².